The van der Waals surface area contributed by atoms with Crippen molar-refractivity contribution >= 4 is 34.0 Å². The maximum Gasteiger partial charge on any atom is 0.265 e. The van der Waals surface area contributed by atoms with Crippen LogP contribution in [0.1, 0.15) is 24.5 Å². The zero-order chi connectivity index (χ0) is 23.1. The number of anilines is 2. The fourth-order valence-corrected chi connectivity index (χ4v) is 3.95. The van der Waals surface area contributed by atoms with E-state index >= 15 is 0 Å². The summed E-state index contributed by atoms with van der Waals surface area (Å²) in [5, 5.41) is 15.4. The molecule has 166 valence electrons. The highest BCUT2D eigenvalue weighted by atomic mass is 35.5. The minimum absolute atomic E-state index is 0.181. The number of H-pyrrole nitrogens is 1. The van der Waals surface area contributed by atoms with Crippen LogP contribution in [0.15, 0.2) is 52.3 Å². The Morgan fingerprint density at radius 3 is 2.88 bits per heavy atom. The van der Waals surface area contributed by atoms with E-state index < -0.39 is 6.04 Å². The molecule has 4 N–H and O–H groups in total. The zero-order valence-corrected chi connectivity index (χ0v) is 18.3. The highest BCUT2D eigenvalue weighted by Crippen LogP contribution is 2.32. The topological polar surface area (TPSA) is 153 Å². The van der Waals surface area contributed by atoms with Crippen molar-refractivity contribution < 1.29 is 4.52 Å². The molecule has 0 unspecified atom stereocenters. The first-order valence-corrected chi connectivity index (χ1v) is 10.3. The Morgan fingerprint density at radius 1 is 1.30 bits per heavy atom. The van der Waals surface area contributed by atoms with Crippen LogP contribution >= 0.6 is 11.6 Å². The molecule has 0 bridgehead atoms. The van der Waals surface area contributed by atoms with Crippen molar-refractivity contribution in [2.24, 2.45) is 0 Å². The number of rotatable bonds is 5. The standard InChI is InChI=1S/C21H18ClN9O2/c1-10(28-19-17(18(23)24-9-25-19)20-29-11(2)30-33-20)15-6-12-4-3-5-14(22)16(12)21(32)31(15)13-7-26-27-8-13/h3-10H,1-2H3,(H,26,27)(H3,23,24,25,28)/t10-/m0/s1. The number of nitrogens with one attached hydrogen (secondary N) is 2. The van der Waals surface area contributed by atoms with E-state index in [-0.39, 0.29) is 17.3 Å². The normalized spacial score (nSPS) is 12.2. The van der Waals surface area contributed by atoms with Crippen LogP contribution in [0.3, 0.4) is 0 Å². The average Bonchev–Trinajstić information content (AvgIpc) is 3.45. The van der Waals surface area contributed by atoms with E-state index in [9.17, 15) is 4.79 Å². The predicted molar refractivity (Wildman–Crippen MR) is 123 cm³/mol. The van der Waals surface area contributed by atoms with E-state index in [4.69, 9.17) is 21.9 Å². The van der Waals surface area contributed by atoms with Gasteiger partial charge in [-0.2, -0.15) is 10.1 Å². The average molecular weight is 464 g/mol. The number of fused-ring (bicyclic) bond motifs is 1. The Morgan fingerprint density at radius 2 is 2.15 bits per heavy atom. The molecule has 1 atom stereocenters. The maximum absolute atomic E-state index is 13.5. The van der Waals surface area contributed by atoms with Crippen LogP contribution in [0.4, 0.5) is 11.6 Å². The minimum atomic E-state index is -0.409. The summed E-state index contributed by atoms with van der Waals surface area (Å²) in [5.74, 6) is 1.21. The monoisotopic (exact) mass is 463 g/mol. The van der Waals surface area contributed by atoms with Gasteiger partial charge in [0, 0.05) is 11.9 Å². The molecule has 4 aromatic heterocycles. The summed E-state index contributed by atoms with van der Waals surface area (Å²) in [5.41, 5.74) is 7.44. The van der Waals surface area contributed by atoms with Crippen LogP contribution in [-0.4, -0.2) is 34.9 Å². The minimum Gasteiger partial charge on any atom is -0.383 e. The van der Waals surface area contributed by atoms with Gasteiger partial charge in [0.25, 0.3) is 11.4 Å². The second-order valence-electron chi connectivity index (χ2n) is 7.37. The van der Waals surface area contributed by atoms with Gasteiger partial charge in [0.2, 0.25) is 0 Å². The molecule has 0 aliphatic heterocycles. The summed E-state index contributed by atoms with van der Waals surface area (Å²) in [7, 11) is 0. The van der Waals surface area contributed by atoms with Crippen LogP contribution in [0, 0.1) is 6.92 Å². The first-order valence-electron chi connectivity index (χ1n) is 9.95. The number of aromatic nitrogens is 7. The van der Waals surface area contributed by atoms with E-state index in [0.717, 1.165) is 0 Å². The van der Waals surface area contributed by atoms with Crippen molar-refractivity contribution in [2.45, 2.75) is 19.9 Å². The molecule has 1 aromatic carbocycles. The molecule has 0 saturated carbocycles. The van der Waals surface area contributed by atoms with E-state index in [0.29, 0.717) is 44.4 Å². The first kappa shape index (κ1) is 20.6. The fourth-order valence-electron chi connectivity index (χ4n) is 3.69. The number of pyridine rings is 1. The van der Waals surface area contributed by atoms with Gasteiger partial charge >= 0.3 is 0 Å². The molecule has 0 radical (unpaired) electrons. The van der Waals surface area contributed by atoms with Gasteiger partial charge in [0.15, 0.2) is 5.82 Å². The maximum atomic E-state index is 13.5. The molecule has 0 amide bonds. The lowest BCUT2D eigenvalue weighted by molar-refractivity contribution is 0.425. The van der Waals surface area contributed by atoms with Crippen LogP contribution in [0.25, 0.3) is 27.9 Å². The molecular weight excluding hydrogens is 446 g/mol. The Balaban J connectivity index is 1.66. The van der Waals surface area contributed by atoms with Gasteiger partial charge in [-0.05, 0) is 31.4 Å². The summed E-state index contributed by atoms with van der Waals surface area (Å²) in [6.45, 7) is 3.59. The van der Waals surface area contributed by atoms with Crippen molar-refractivity contribution in [3.8, 4) is 17.1 Å². The highest BCUT2D eigenvalue weighted by molar-refractivity contribution is 6.35. The molecule has 5 rings (SSSR count). The summed E-state index contributed by atoms with van der Waals surface area (Å²) in [4.78, 5) is 26.1. The largest absolute Gasteiger partial charge is 0.383 e. The number of halogens is 1. The number of aryl methyl sites for hydroxylation is 1. The Labute approximate surface area is 191 Å². The van der Waals surface area contributed by atoms with E-state index in [1.807, 2.05) is 19.1 Å². The Hall–Kier alpha value is -4.25. The molecule has 0 aliphatic rings. The second-order valence-corrected chi connectivity index (χ2v) is 7.77. The van der Waals surface area contributed by atoms with E-state index in [1.165, 1.54) is 6.33 Å². The van der Waals surface area contributed by atoms with E-state index in [1.54, 1.807) is 36.0 Å². The van der Waals surface area contributed by atoms with Gasteiger partial charge in [-0.15, -0.1) is 0 Å². The molecule has 0 saturated heterocycles. The van der Waals surface area contributed by atoms with Gasteiger partial charge < -0.3 is 15.6 Å². The van der Waals surface area contributed by atoms with Crippen molar-refractivity contribution in [3.05, 3.63) is 69.9 Å². The summed E-state index contributed by atoms with van der Waals surface area (Å²) in [6.07, 6.45) is 4.53. The summed E-state index contributed by atoms with van der Waals surface area (Å²) >= 11 is 6.36. The third-order valence-corrected chi connectivity index (χ3v) is 5.50. The molecule has 11 nitrogen and oxygen atoms in total. The first-order chi connectivity index (χ1) is 15.9. The van der Waals surface area contributed by atoms with Gasteiger partial charge in [-0.3, -0.25) is 14.5 Å². The van der Waals surface area contributed by atoms with Crippen LogP contribution in [0.2, 0.25) is 5.02 Å². The third-order valence-electron chi connectivity index (χ3n) is 5.18. The second kappa shape index (κ2) is 8.02. The highest BCUT2D eigenvalue weighted by Gasteiger charge is 2.22. The number of nitrogens with two attached hydrogens (primary N) is 1. The van der Waals surface area contributed by atoms with Crippen LogP contribution < -0.4 is 16.6 Å². The Bertz CT molecular complexity index is 1530. The third kappa shape index (κ3) is 3.57. The molecule has 0 fully saturated rings. The SMILES string of the molecule is Cc1noc(-c2c(N)ncnc2N[C@@H](C)c2cc3cccc(Cl)c3c(=O)n2-c2cn[nH]c2)n1. The lowest BCUT2D eigenvalue weighted by Crippen LogP contribution is -2.25. The molecule has 0 spiro atoms. The number of aromatic amines is 1. The van der Waals surface area contributed by atoms with Crippen molar-refractivity contribution in [1.82, 2.24) is 34.9 Å². The number of nitrogen functional groups attached to an aromatic ring is 1. The van der Waals surface area contributed by atoms with Gasteiger partial charge in [0.1, 0.15) is 23.5 Å². The molecule has 0 aliphatic carbocycles. The van der Waals surface area contributed by atoms with Gasteiger partial charge in [-0.25, -0.2) is 9.97 Å². The lowest BCUT2D eigenvalue weighted by Gasteiger charge is -2.21. The summed E-state index contributed by atoms with van der Waals surface area (Å²) in [6, 6.07) is 6.82. The number of benzene rings is 1. The van der Waals surface area contributed by atoms with Crippen LogP contribution in [0.5, 0.6) is 0 Å². The smallest absolute Gasteiger partial charge is 0.265 e. The molecular formula is C21H18ClN9O2. The number of nitrogens with zero attached hydrogens (tertiary/aromatic N) is 6. The molecule has 5 aromatic rings. The predicted octanol–water partition coefficient (Wildman–Crippen LogP) is 3.27. The lowest BCUT2D eigenvalue weighted by atomic mass is 10.1. The van der Waals surface area contributed by atoms with Crippen molar-refractivity contribution in [2.75, 3.05) is 11.1 Å². The Kier molecular flexibility index (Phi) is 5.02. The molecule has 12 heteroatoms. The molecule has 4 heterocycles. The van der Waals surface area contributed by atoms with Gasteiger partial charge in [0.05, 0.1) is 28.3 Å². The van der Waals surface area contributed by atoms with Crippen molar-refractivity contribution in [3.63, 3.8) is 0 Å². The quantitative estimate of drug-likeness (QED) is 0.356. The fraction of sp³-hybridized carbons (Fsp3) is 0.143. The van der Waals surface area contributed by atoms with Gasteiger partial charge in [-0.1, -0.05) is 28.9 Å². The van der Waals surface area contributed by atoms with E-state index in [2.05, 4.69) is 35.6 Å². The number of hydrogen-bond donors (Lipinski definition) is 3. The van der Waals surface area contributed by atoms with Crippen molar-refractivity contribution in [1.29, 1.82) is 0 Å². The molecule has 33 heavy (non-hydrogen) atoms. The zero-order valence-electron chi connectivity index (χ0n) is 17.6. The summed E-state index contributed by atoms with van der Waals surface area (Å²) < 4.78 is 6.84. The number of hydrogen-bond acceptors (Lipinski definition) is 9. The van der Waals surface area contributed by atoms with Crippen LogP contribution in [-0.2, 0) is 0 Å².